The summed E-state index contributed by atoms with van der Waals surface area (Å²) in [5, 5.41) is 16.5. The molecule has 0 aliphatic heterocycles. The van der Waals surface area contributed by atoms with Gasteiger partial charge in [0.05, 0.1) is 18.3 Å². The lowest BCUT2D eigenvalue weighted by Gasteiger charge is -2.27. The van der Waals surface area contributed by atoms with Gasteiger partial charge in [-0.15, -0.1) is 0 Å². The molecule has 8 heteroatoms. The Kier molecular flexibility index (Phi) is 8.46. The molecule has 4 rings (SSSR count). The fraction of sp³-hybridized carbons (Fsp3) is 0.103. The maximum absolute atomic E-state index is 13.2. The van der Waals surface area contributed by atoms with Crippen molar-refractivity contribution in [2.24, 2.45) is 5.10 Å². The van der Waals surface area contributed by atoms with Crippen LogP contribution in [0.25, 0.3) is 0 Å². The smallest absolute Gasteiger partial charge is 0.281 e. The Morgan fingerprint density at radius 2 is 1.54 bits per heavy atom. The van der Waals surface area contributed by atoms with Gasteiger partial charge in [-0.25, -0.2) is 5.43 Å². The first kappa shape index (κ1) is 26.2. The third kappa shape index (κ3) is 6.12. The molecule has 6 nitrogen and oxygen atoms in total. The van der Waals surface area contributed by atoms with Crippen molar-refractivity contribution in [2.45, 2.75) is 12.2 Å². The van der Waals surface area contributed by atoms with Gasteiger partial charge in [-0.2, -0.15) is 5.10 Å². The summed E-state index contributed by atoms with van der Waals surface area (Å²) >= 11 is 12.4. The van der Waals surface area contributed by atoms with Gasteiger partial charge in [0.15, 0.2) is 17.1 Å². The Morgan fingerprint density at radius 1 is 0.946 bits per heavy atom. The quantitative estimate of drug-likeness (QED) is 0.205. The number of ether oxygens (including phenoxy) is 2. The first-order valence-corrected chi connectivity index (χ1v) is 12.1. The molecule has 0 aromatic heterocycles. The van der Waals surface area contributed by atoms with Crippen molar-refractivity contribution in [3.05, 3.63) is 129 Å². The molecule has 0 radical (unpaired) electrons. The van der Waals surface area contributed by atoms with E-state index in [2.05, 4.69) is 10.5 Å². The number of benzene rings is 4. The summed E-state index contributed by atoms with van der Waals surface area (Å²) < 4.78 is 11.3. The van der Waals surface area contributed by atoms with Crippen LogP contribution in [0.1, 0.15) is 22.3 Å². The van der Waals surface area contributed by atoms with Crippen molar-refractivity contribution in [1.82, 2.24) is 5.43 Å². The van der Waals surface area contributed by atoms with Crippen LogP contribution in [-0.2, 0) is 17.0 Å². The zero-order valence-electron chi connectivity index (χ0n) is 19.9. The molecule has 0 heterocycles. The number of hydrogen-bond donors (Lipinski definition) is 2. The second-order valence-electron chi connectivity index (χ2n) is 8.09. The van der Waals surface area contributed by atoms with Gasteiger partial charge in [0.2, 0.25) is 0 Å². The molecule has 0 aliphatic carbocycles. The molecule has 0 aliphatic rings. The lowest BCUT2D eigenvalue weighted by molar-refractivity contribution is -0.136. The van der Waals surface area contributed by atoms with Crippen molar-refractivity contribution < 1.29 is 19.4 Å². The largest absolute Gasteiger partial charge is 0.493 e. The van der Waals surface area contributed by atoms with E-state index >= 15 is 0 Å². The van der Waals surface area contributed by atoms with Gasteiger partial charge >= 0.3 is 0 Å². The number of hydrogen-bond acceptors (Lipinski definition) is 5. The highest BCUT2D eigenvalue weighted by atomic mass is 35.5. The fourth-order valence-electron chi connectivity index (χ4n) is 3.72. The number of methoxy groups -OCH3 is 1. The second-order valence-corrected chi connectivity index (χ2v) is 8.93. The van der Waals surface area contributed by atoms with Crippen LogP contribution < -0.4 is 14.9 Å². The molecule has 0 fully saturated rings. The number of nitrogens with one attached hydrogen (secondary N) is 1. The van der Waals surface area contributed by atoms with Crippen LogP contribution in [0.4, 0.5) is 0 Å². The lowest BCUT2D eigenvalue weighted by Crippen LogP contribution is -2.43. The number of carbonyl (C=O) groups is 1. The van der Waals surface area contributed by atoms with Crippen LogP contribution >= 0.6 is 23.2 Å². The molecule has 0 spiro atoms. The van der Waals surface area contributed by atoms with Crippen molar-refractivity contribution in [2.75, 3.05) is 7.11 Å². The summed E-state index contributed by atoms with van der Waals surface area (Å²) in [7, 11) is 1.50. The summed E-state index contributed by atoms with van der Waals surface area (Å²) in [4.78, 5) is 13.2. The normalized spacial score (nSPS) is 11.4. The predicted molar refractivity (Wildman–Crippen MR) is 145 cm³/mol. The topological polar surface area (TPSA) is 80.2 Å². The van der Waals surface area contributed by atoms with E-state index in [1.165, 1.54) is 13.3 Å². The third-order valence-electron chi connectivity index (χ3n) is 5.64. The maximum Gasteiger partial charge on any atom is 0.281 e. The highest BCUT2D eigenvalue weighted by Gasteiger charge is 2.39. The second kappa shape index (κ2) is 11.9. The first-order chi connectivity index (χ1) is 17.9. The summed E-state index contributed by atoms with van der Waals surface area (Å²) in [6.45, 7) is 0.272. The Morgan fingerprint density at radius 3 is 2.11 bits per heavy atom. The average molecular weight is 535 g/mol. The van der Waals surface area contributed by atoms with Gasteiger partial charge in [0.1, 0.15) is 6.61 Å². The number of halogens is 2. The van der Waals surface area contributed by atoms with Crippen LogP contribution in [0.5, 0.6) is 11.5 Å². The number of carbonyl (C=O) groups excluding carboxylic acids is 1. The van der Waals surface area contributed by atoms with E-state index in [0.29, 0.717) is 38.2 Å². The first-order valence-electron chi connectivity index (χ1n) is 11.3. The molecule has 0 bridgehead atoms. The average Bonchev–Trinajstić information content (AvgIpc) is 2.93. The maximum atomic E-state index is 13.2. The lowest BCUT2D eigenvalue weighted by atomic mass is 9.85. The van der Waals surface area contributed by atoms with Gasteiger partial charge in [0, 0.05) is 5.02 Å². The van der Waals surface area contributed by atoms with E-state index in [9.17, 15) is 9.90 Å². The minimum Gasteiger partial charge on any atom is -0.493 e. The van der Waals surface area contributed by atoms with Gasteiger partial charge < -0.3 is 14.6 Å². The number of rotatable bonds is 9. The summed E-state index contributed by atoms with van der Waals surface area (Å²) in [6, 6.07) is 28.0. The van der Waals surface area contributed by atoms with Crippen LogP contribution in [0, 0.1) is 0 Å². The van der Waals surface area contributed by atoms with E-state index in [1.807, 2.05) is 24.3 Å². The van der Waals surface area contributed by atoms with E-state index < -0.39 is 11.5 Å². The molecule has 0 unspecified atom stereocenters. The molecule has 188 valence electrons. The Balaban J connectivity index is 1.52. The highest BCUT2D eigenvalue weighted by Crippen LogP contribution is 2.37. The molecule has 0 atom stereocenters. The monoisotopic (exact) mass is 534 g/mol. The van der Waals surface area contributed by atoms with Crippen molar-refractivity contribution in [3.63, 3.8) is 0 Å². The molecule has 1 amide bonds. The van der Waals surface area contributed by atoms with Gasteiger partial charge in [0.25, 0.3) is 5.91 Å². The Labute approximate surface area is 225 Å². The van der Waals surface area contributed by atoms with E-state index in [4.69, 9.17) is 32.7 Å². The van der Waals surface area contributed by atoms with Crippen LogP contribution in [0.3, 0.4) is 0 Å². The van der Waals surface area contributed by atoms with Crippen LogP contribution in [0.2, 0.25) is 10.0 Å². The SMILES string of the molecule is COc1cc(/C=N\NC(=O)C(O)(c2ccccc2)c2ccccc2)cc(Cl)c1OCc1ccc(Cl)cc1. The summed E-state index contributed by atoms with van der Waals surface area (Å²) in [5.74, 6) is 0.0734. The fourth-order valence-corrected chi connectivity index (χ4v) is 4.12. The van der Waals surface area contributed by atoms with E-state index in [-0.39, 0.29) is 6.61 Å². The molecule has 4 aromatic rings. The summed E-state index contributed by atoms with van der Waals surface area (Å²) in [6.07, 6.45) is 1.41. The van der Waals surface area contributed by atoms with Crippen molar-refractivity contribution >= 4 is 35.3 Å². The molecular formula is C29H24Cl2N2O4. The van der Waals surface area contributed by atoms with E-state index in [1.54, 1.807) is 72.8 Å². The van der Waals surface area contributed by atoms with Gasteiger partial charge in [-0.3, -0.25) is 4.79 Å². The zero-order valence-corrected chi connectivity index (χ0v) is 21.4. The molecule has 2 N–H and O–H groups in total. The Hall–Kier alpha value is -3.84. The third-order valence-corrected chi connectivity index (χ3v) is 6.17. The zero-order chi connectivity index (χ0) is 26.3. The minimum atomic E-state index is -1.94. The van der Waals surface area contributed by atoms with E-state index in [0.717, 1.165) is 5.56 Å². The molecule has 0 saturated heterocycles. The minimum absolute atomic E-state index is 0.272. The van der Waals surface area contributed by atoms with Crippen LogP contribution in [0.15, 0.2) is 102 Å². The van der Waals surface area contributed by atoms with Crippen LogP contribution in [-0.4, -0.2) is 24.3 Å². The highest BCUT2D eigenvalue weighted by molar-refractivity contribution is 6.32. The number of aliphatic hydroxyl groups is 1. The van der Waals surface area contributed by atoms with Gasteiger partial charge in [-0.05, 0) is 46.5 Å². The molecule has 0 saturated carbocycles. The molecular weight excluding hydrogens is 511 g/mol. The van der Waals surface area contributed by atoms with Crippen molar-refractivity contribution in [3.8, 4) is 11.5 Å². The number of amides is 1. The predicted octanol–water partition coefficient (Wildman–Crippen LogP) is 5.97. The molecule has 37 heavy (non-hydrogen) atoms. The van der Waals surface area contributed by atoms with Crippen molar-refractivity contribution in [1.29, 1.82) is 0 Å². The van der Waals surface area contributed by atoms with Gasteiger partial charge in [-0.1, -0.05) is 96.0 Å². The number of nitrogens with zero attached hydrogens (tertiary/aromatic N) is 1. The Bertz CT molecular complexity index is 1340. The number of hydrazone groups is 1. The molecule has 4 aromatic carbocycles. The summed E-state index contributed by atoms with van der Waals surface area (Å²) in [5.41, 5.74) is 2.82. The standard InChI is InChI=1S/C29H24Cl2N2O4/c1-36-26-17-21(16-25(31)27(26)37-19-20-12-14-24(30)15-13-20)18-32-33-28(34)29(35,22-8-4-2-5-9-22)23-10-6-3-7-11-23/h2-18,35H,19H2,1H3,(H,33,34)/b32-18-.